The fourth-order valence-corrected chi connectivity index (χ4v) is 3.20. The molecule has 0 amide bonds. The van der Waals surface area contributed by atoms with Crippen molar-refractivity contribution >= 4 is 24.0 Å². The second kappa shape index (κ2) is 6.57. The van der Waals surface area contributed by atoms with Crippen LogP contribution in [-0.2, 0) is 0 Å². The van der Waals surface area contributed by atoms with E-state index in [2.05, 4.69) is 15.0 Å². The van der Waals surface area contributed by atoms with Crippen LogP contribution in [0.2, 0.25) is 5.02 Å². The Kier molecular flexibility index (Phi) is 4.71. The van der Waals surface area contributed by atoms with Gasteiger partial charge in [0.15, 0.2) is 5.82 Å². The third-order valence-electron chi connectivity index (χ3n) is 4.49. The summed E-state index contributed by atoms with van der Waals surface area (Å²) in [5.74, 6) is 1.88. The largest absolute Gasteiger partial charge is 0.334 e. The van der Waals surface area contributed by atoms with Crippen LogP contribution in [0.3, 0.4) is 0 Å². The third kappa shape index (κ3) is 3.29. The van der Waals surface area contributed by atoms with Crippen LogP contribution >= 0.6 is 24.0 Å². The molecule has 0 radical (unpaired) electrons. The summed E-state index contributed by atoms with van der Waals surface area (Å²) in [7, 11) is 0. The fourth-order valence-electron chi connectivity index (χ4n) is 3.07. The summed E-state index contributed by atoms with van der Waals surface area (Å²) in [5.41, 5.74) is 0.925. The zero-order valence-corrected chi connectivity index (χ0v) is 13.8. The lowest BCUT2D eigenvalue weighted by Gasteiger charge is -2.30. The van der Waals surface area contributed by atoms with E-state index in [1.807, 2.05) is 24.3 Å². The molecule has 4 nitrogen and oxygen atoms in total. The first-order valence-corrected chi connectivity index (χ1v) is 8.01. The molecule has 1 saturated heterocycles. The standard InChI is InChI=1S/C16H18ClN3O.ClH/c17-13-3-1-12(2-4-13)16-18-15(19-21-16)11-7-9-20(10-8-11)14-5-6-14;/h1-4,11,14H,5-10H2;1H. The predicted octanol–water partition coefficient (Wildman–Crippen LogP) is 4.15. The van der Waals surface area contributed by atoms with Crippen LogP contribution in [0.25, 0.3) is 11.5 Å². The smallest absolute Gasteiger partial charge is 0.257 e. The molecule has 1 aromatic carbocycles. The Balaban J connectivity index is 0.00000144. The van der Waals surface area contributed by atoms with Crippen molar-refractivity contribution in [3.8, 4) is 11.5 Å². The Morgan fingerprint density at radius 1 is 1.05 bits per heavy atom. The van der Waals surface area contributed by atoms with E-state index in [1.165, 1.54) is 25.9 Å². The molecule has 0 spiro atoms. The van der Waals surface area contributed by atoms with E-state index >= 15 is 0 Å². The topological polar surface area (TPSA) is 42.2 Å². The zero-order chi connectivity index (χ0) is 14.2. The highest BCUT2D eigenvalue weighted by molar-refractivity contribution is 6.30. The van der Waals surface area contributed by atoms with Crippen molar-refractivity contribution < 1.29 is 4.52 Å². The monoisotopic (exact) mass is 339 g/mol. The number of benzene rings is 1. The summed E-state index contributed by atoms with van der Waals surface area (Å²) in [6, 6.07) is 8.37. The van der Waals surface area contributed by atoms with Gasteiger partial charge in [0.25, 0.3) is 5.89 Å². The maximum absolute atomic E-state index is 5.90. The normalized spacial score (nSPS) is 19.9. The van der Waals surface area contributed by atoms with Crippen molar-refractivity contribution in [2.75, 3.05) is 13.1 Å². The fraction of sp³-hybridized carbons (Fsp3) is 0.500. The van der Waals surface area contributed by atoms with E-state index < -0.39 is 0 Å². The van der Waals surface area contributed by atoms with E-state index in [-0.39, 0.29) is 12.4 Å². The van der Waals surface area contributed by atoms with Gasteiger partial charge in [-0.2, -0.15) is 4.98 Å². The molecular formula is C16H19Cl2N3O. The maximum atomic E-state index is 5.90. The number of rotatable bonds is 3. The minimum atomic E-state index is 0. The van der Waals surface area contributed by atoms with Gasteiger partial charge in [0, 0.05) is 22.5 Å². The van der Waals surface area contributed by atoms with Gasteiger partial charge in [0.05, 0.1) is 0 Å². The molecule has 0 bridgehead atoms. The summed E-state index contributed by atoms with van der Waals surface area (Å²) >= 11 is 5.90. The molecule has 2 fully saturated rings. The van der Waals surface area contributed by atoms with Gasteiger partial charge in [-0.1, -0.05) is 16.8 Å². The number of likely N-dealkylation sites (tertiary alicyclic amines) is 1. The maximum Gasteiger partial charge on any atom is 0.257 e. The number of hydrogen-bond acceptors (Lipinski definition) is 4. The number of hydrogen-bond donors (Lipinski definition) is 0. The molecule has 22 heavy (non-hydrogen) atoms. The predicted molar refractivity (Wildman–Crippen MR) is 88.6 cm³/mol. The number of halogens is 2. The summed E-state index contributed by atoms with van der Waals surface area (Å²) in [5, 5.41) is 4.90. The quantitative estimate of drug-likeness (QED) is 0.842. The highest BCUT2D eigenvalue weighted by atomic mass is 35.5. The average molecular weight is 340 g/mol. The number of piperidine rings is 1. The first kappa shape index (κ1) is 15.8. The zero-order valence-electron chi connectivity index (χ0n) is 12.2. The lowest BCUT2D eigenvalue weighted by atomic mass is 9.96. The minimum absolute atomic E-state index is 0. The van der Waals surface area contributed by atoms with E-state index in [4.69, 9.17) is 16.1 Å². The molecule has 1 saturated carbocycles. The molecule has 1 aromatic heterocycles. The van der Waals surface area contributed by atoms with Gasteiger partial charge in [-0.15, -0.1) is 12.4 Å². The van der Waals surface area contributed by atoms with Gasteiger partial charge in [-0.05, 0) is 63.0 Å². The lowest BCUT2D eigenvalue weighted by molar-refractivity contribution is 0.199. The van der Waals surface area contributed by atoms with Crippen LogP contribution in [0.4, 0.5) is 0 Å². The Labute approximate surface area is 141 Å². The molecule has 0 unspecified atom stereocenters. The van der Waals surface area contributed by atoms with Gasteiger partial charge in [0.1, 0.15) is 0 Å². The van der Waals surface area contributed by atoms with Crippen molar-refractivity contribution in [3.05, 3.63) is 35.1 Å². The molecule has 118 valence electrons. The van der Waals surface area contributed by atoms with Crippen LogP contribution in [-0.4, -0.2) is 34.2 Å². The van der Waals surface area contributed by atoms with Crippen molar-refractivity contribution in [1.82, 2.24) is 15.0 Å². The Bertz CT molecular complexity index is 617. The molecule has 2 heterocycles. The Hall–Kier alpha value is -1.10. The van der Waals surface area contributed by atoms with Gasteiger partial charge in [-0.3, -0.25) is 0 Å². The SMILES string of the molecule is Cl.Clc1ccc(-c2nc(C3CCN(C4CC4)CC3)no2)cc1. The summed E-state index contributed by atoms with van der Waals surface area (Å²) in [4.78, 5) is 7.19. The minimum Gasteiger partial charge on any atom is -0.334 e. The summed E-state index contributed by atoms with van der Waals surface area (Å²) in [6.07, 6.45) is 5.04. The van der Waals surface area contributed by atoms with Crippen LogP contribution in [0.15, 0.2) is 28.8 Å². The Morgan fingerprint density at radius 3 is 2.36 bits per heavy atom. The van der Waals surface area contributed by atoms with Gasteiger partial charge in [-0.25, -0.2) is 0 Å². The molecule has 1 aliphatic heterocycles. The van der Waals surface area contributed by atoms with E-state index in [9.17, 15) is 0 Å². The van der Waals surface area contributed by atoms with Crippen molar-refractivity contribution in [3.63, 3.8) is 0 Å². The Morgan fingerprint density at radius 2 is 1.73 bits per heavy atom. The molecule has 1 aliphatic carbocycles. The second-order valence-electron chi connectivity index (χ2n) is 6.01. The number of nitrogens with zero attached hydrogens (tertiary/aromatic N) is 3. The second-order valence-corrected chi connectivity index (χ2v) is 6.44. The molecule has 6 heteroatoms. The van der Waals surface area contributed by atoms with Crippen molar-refractivity contribution in [2.45, 2.75) is 37.6 Å². The van der Waals surface area contributed by atoms with Crippen molar-refractivity contribution in [2.24, 2.45) is 0 Å². The molecule has 4 rings (SSSR count). The summed E-state index contributed by atoms with van der Waals surface area (Å²) < 4.78 is 5.41. The molecule has 2 aliphatic rings. The first-order chi connectivity index (χ1) is 10.3. The van der Waals surface area contributed by atoms with Gasteiger partial charge < -0.3 is 9.42 Å². The van der Waals surface area contributed by atoms with Crippen LogP contribution in [0.5, 0.6) is 0 Å². The van der Waals surface area contributed by atoms with Gasteiger partial charge >= 0.3 is 0 Å². The summed E-state index contributed by atoms with van der Waals surface area (Å²) in [6.45, 7) is 2.33. The molecule has 2 aromatic rings. The van der Waals surface area contributed by atoms with Crippen molar-refractivity contribution in [1.29, 1.82) is 0 Å². The first-order valence-electron chi connectivity index (χ1n) is 7.63. The molecule has 0 N–H and O–H groups in total. The van der Waals surface area contributed by atoms with Crippen LogP contribution < -0.4 is 0 Å². The molecule has 0 atom stereocenters. The van der Waals surface area contributed by atoms with Crippen LogP contribution in [0.1, 0.15) is 37.4 Å². The van der Waals surface area contributed by atoms with E-state index in [0.29, 0.717) is 16.8 Å². The third-order valence-corrected chi connectivity index (χ3v) is 4.74. The highest BCUT2D eigenvalue weighted by Gasteiger charge is 2.33. The lowest BCUT2D eigenvalue weighted by Crippen LogP contribution is -2.34. The van der Waals surface area contributed by atoms with Gasteiger partial charge in [0.2, 0.25) is 0 Å². The van der Waals surface area contributed by atoms with E-state index in [0.717, 1.165) is 30.3 Å². The molecular weight excluding hydrogens is 321 g/mol. The highest BCUT2D eigenvalue weighted by Crippen LogP contribution is 2.34. The van der Waals surface area contributed by atoms with Crippen LogP contribution in [0, 0.1) is 0 Å². The van der Waals surface area contributed by atoms with E-state index in [1.54, 1.807) is 0 Å². The average Bonchev–Trinajstić information content (AvgIpc) is 3.26. The number of aromatic nitrogens is 2.